The van der Waals surface area contributed by atoms with E-state index < -0.39 is 0 Å². The largest absolute Gasteiger partial charge is 0.329 e. The Morgan fingerprint density at radius 2 is 1.88 bits per heavy atom. The minimum Gasteiger partial charge on any atom is -0.329 e. The van der Waals surface area contributed by atoms with Crippen molar-refractivity contribution < 1.29 is 0 Å². The SMILES string of the molecule is Cc1ccc(CNC(C)(CN)C(C)C)cc1C. The molecule has 1 atom stereocenters. The highest BCUT2D eigenvalue weighted by molar-refractivity contribution is 5.29. The van der Waals surface area contributed by atoms with Crippen molar-refractivity contribution in [2.75, 3.05) is 6.54 Å². The Balaban J connectivity index is 2.69. The van der Waals surface area contributed by atoms with Crippen LogP contribution in [0.3, 0.4) is 0 Å². The Hall–Kier alpha value is -0.860. The molecule has 0 aliphatic heterocycles. The molecule has 0 bridgehead atoms. The van der Waals surface area contributed by atoms with Gasteiger partial charge in [0.15, 0.2) is 0 Å². The molecule has 96 valence electrons. The van der Waals surface area contributed by atoms with E-state index >= 15 is 0 Å². The third-order valence-electron chi connectivity index (χ3n) is 3.97. The fraction of sp³-hybridized carbons (Fsp3) is 0.600. The fourth-order valence-electron chi connectivity index (χ4n) is 1.73. The lowest BCUT2D eigenvalue weighted by atomic mass is 9.88. The Labute approximate surface area is 106 Å². The van der Waals surface area contributed by atoms with Crippen LogP contribution in [0.5, 0.6) is 0 Å². The summed E-state index contributed by atoms with van der Waals surface area (Å²) in [7, 11) is 0. The Kier molecular flexibility index (Phi) is 4.72. The van der Waals surface area contributed by atoms with Crippen LogP contribution in [0.25, 0.3) is 0 Å². The standard InChI is InChI=1S/C15H26N2/c1-11(2)15(5,10-16)17-9-14-7-6-12(3)13(4)8-14/h6-8,11,17H,9-10,16H2,1-5H3. The van der Waals surface area contributed by atoms with Crippen LogP contribution in [0, 0.1) is 19.8 Å². The maximum atomic E-state index is 5.86. The van der Waals surface area contributed by atoms with Gasteiger partial charge in [-0.2, -0.15) is 0 Å². The highest BCUT2D eigenvalue weighted by Crippen LogP contribution is 2.16. The normalized spacial score (nSPS) is 15.0. The maximum Gasteiger partial charge on any atom is 0.0301 e. The first-order valence-electron chi connectivity index (χ1n) is 6.40. The topological polar surface area (TPSA) is 38.0 Å². The third-order valence-corrected chi connectivity index (χ3v) is 3.97. The highest BCUT2D eigenvalue weighted by Gasteiger charge is 2.25. The van der Waals surface area contributed by atoms with Crippen molar-refractivity contribution in [2.45, 2.75) is 46.7 Å². The van der Waals surface area contributed by atoms with Crippen LogP contribution < -0.4 is 11.1 Å². The summed E-state index contributed by atoms with van der Waals surface area (Å²) in [6.07, 6.45) is 0. The van der Waals surface area contributed by atoms with Gasteiger partial charge in [0, 0.05) is 18.6 Å². The summed E-state index contributed by atoms with van der Waals surface area (Å²) in [5.41, 5.74) is 9.90. The van der Waals surface area contributed by atoms with E-state index in [1.165, 1.54) is 16.7 Å². The molecule has 0 aromatic heterocycles. The number of nitrogens with one attached hydrogen (secondary N) is 1. The molecule has 0 saturated carbocycles. The van der Waals surface area contributed by atoms with Crippen LogP contribution >= 0.6 is 0 Å². The zero-order valence-corrected chi connectivity index (χ0v) is 11.8. The van der Waals surface area contributed by atoms with Crippen molar-refractivity contribution in [2.24, 2.45) is 11.7 Å². The van der Waals surface area contributed by atoms with Gasteiger partial charge in [-0.25, -0.2) is 0 Å². The van der Waals surface area contributed by atoms with Crippen molar-refractivity contribution in [3.63, 3.8) is 0 Å². The molecule has 0 aliphatic carbocycles. The zero-order valence-electron chi connectivity index (χ0n) is 11.8. The lowest BCUT2D eigenvalue weighted by molar-refractivity contribution is 0.267. The number of benzene rings is 1. The van der Waals surface area contributed by atoms with Gasteiger partial charge in [0.1, 0.15) is 0 Å². The first-order valence-corrected chi connectivity index (χ1v) is 6.40. The molecular formula is C15H26N2. The van der Waals surface area contributed by atoms with E-state index in [9.17, 15) is 0 Å². The molecule has 0 saturated heterocycles. The summed E-state index contributed by atoms with van der Waals surface area (Å²) in [5.74, 6) is 0.527. The molecule has 0 heterocycles. The summed E-state index contributed by atoms with van der Waals surface area (Å²) in [6, 6.07) is 6.62. The van der Waals surface area contributed by atoms with Gasteiger partial charge in [-0.3, -0.25) is 0 Å². The predicted octanol–water partition coefficient (Wildman–Crippen LogP) is 2.77. The van der Waals surface area contributed by atoms with Crippen LogP contribution in [0.1, 0.15) is 37.5 Å². The molecule has 2 nitrogen and oxygen atoms in total. The van der Waals surface area contributed by atoms with Crippen LogP contribution in [-0.4, -0.2) is 12.1 Å². The molecule has 3 N–H and O–H groups in total. The molecule has 0 fully saturated rings. The number of aryl methyl sites for hydroxylation is 2. The van der Waals surface area contributed by atoms with E-state index in [1.807, 2.05) is 0 Å². The van der Waals surface area contributed by atoms with Gasteiger partial charge in [-0.15, -0.1) is 0 Å². The molecular weight excluding hydrogens is 208 g/mol. The number of nitrogens with two attached hydrogens (primary N) is 1. The minimum atomic E-state index is 0.0127. The van der Waals surface area contributed by atoms with E-state index in [4.69, 9.17) is 5.73 Å². The van der Waals surface area contributed by atoms with E-state index in [0.29, 0.717) is 12.5 Å². The van der Waals surface area contributed by atoms with Gasteiger partial charge in [-0.05, 0) is 43.4 Å². The second-order valence-corrected chi connectivity index (χ2v) is 5.55. The van der Waals surface area contributed by atoms with Gasteiger partial charge in [0.2, 0.25) is 0 Å². The average molecular weight is 234 g/mol. The van der Waals surface area contributed by atoms with Crippen LogP contribution in [0.4, 0.5) is 0 Å². The van der Waals surface area contributed by atoms with Crippen LogP contribution in [0.2, 0.25) is 0 Å². The molecule has 0 spiro atoms. The average Bonchev–Trinajstić information content (AvgIpc) is 2.30. The Morgan fingerprint density at radius 3 is 2.35 bits per heavy atom. The maximum absolute atomic E-state index is 5.86. The molecule has 17 heavy (non-hydrogen) atoms. The van der Waals surface area contributed by atoms with Gasteiger partial charge >= 0.3 is 0 Å². The van der Waals surface area contributed by atoms with E-state index in [1.54, 1.807) is 0 Å². The highest BCUT2D eigenvalue weighted by atomic mass is 15.0. The van der Waals surface area contributed by atoms with Crippen molar-refractivity contribution in [1.82, 2.24) is 5.32 Å². The smallest absolute Gasteiger partial charge is 0.0301 e. The lowest BCUT2D eigenvalue weighted by Crippen LogP contribution is -2.52. The summed E-state index contributed by atoms with van der Waals surface area (Å²) in [6.45, 7) is 12.5. The van der Waals surface area contributed by atoms with Gasteiger partial charge in [0.05, 0.1) is 0 Å². The quantitative estimate of drug-likeness (QED) is 0.822. The monoisotopic (exact) mass is 234 g/mol. The number of hydrogen-bond donors (Lipinski definition) is 2. The molecule has 0 radical (unpaired) electrons. The molecule has 1 unspecified atom stereocenters. The first kappa shape index (κ1) is 14.2. The molecule has 0 aliphatic rings. The van der Waals surface area contributed by atoms with E-state index in [-0.39, 0.29) is 5.54 Å². The van der Waals surface area contributed by atoms with Crippen LogP contribution in [0.15, 0.2) is 18.2 Å². The number of hydrogen-bond acceptors (Lipinski definition) is 2. The van der Waals surface area contributed by atoms with Crippen molar-refractivity contribution in [3.05, 3.63) is 34.9 Å². The second kappa shape index (κ2) is 5.65. The summed E-state index contributed by atoms with van der Waals surface area (Å²) in [5, 5.41) is 3.58. The molecule has 1 aromatic rings. The zero-order chi connectivity index (χ0) is 13.1. The van der Waals surface area contributed by atoms with Crippen LogP contribution in [-0.2, 0) is 6.54 Å². The van der Waals surface area contributed by atoms with Crippen molar-refractivity contribution in [1.29, 1.82) is 0 Å². The molecule has 1 rings (SSSR count). The van der Waals surface area contributed by atoms with Gasteiger partial charge in [0.25, 0.3) is 0 Å². The Bertz CT molecular complexity index is 371. The summed E-state index contributed by atoms with van der Waals surface area (Å²) >= 11 is 0. The number of rotatable bonds is 5. The third kappa shape index (κ3) is 3.55. The lowest BCUT2D eigenvalue weighted by Gasteiger charge is -2.34. The summed E-state index contributed by atoms with van der Waals surface area (Å²) < 4.78 is 0. The predicted molar refractivity (Wildman–Crippen MR) is 75.1 cm³/mol. The van der Waals surface area contributed by atoms with Gasteiger partial charge < -0.3 is 11.1 Å². The molecule has 1 aromatic carbocycles. The molecule has 0 amide bonds. The Morgan fingerprint density at radius 1 is 1.24 bits per heavy atom. The second-order valence-electron chi connectivity index (χ2n) is 5.55. The van der Waals surface area contributed by atoms with Gasteiger partial charge in [-0.1, -0.05) is 32.0 Å². The van der Waals surface area contributed by atoms with Crippen molar-refractivity contribution >= 4 is 0 Å². The summed E-state index contributed by atoms with van der Waals surface area (Å²) in [4.78, 5) is 0. The fourth-order valence-corrected chi connectivity index (χ4v) is 1.73. The van der Waals surface area contributed by atoms with E-state index in [0.717, 1.165) is 6.54 Å². The van der Waals surface area contributed by atoms with E-state index in [2.05, 4.69) is 58.1 Å². The molecule has 2 heteroatoms. The van der Waals surface area contributed by atoms with Crippen molar-refractivity contribution in [3.8, 4) is 0 Å². The first-order chi connectivity index (χ1) is 7.89. The minimum absolute atomic E-state index is 0.0127.